The van der Waals surface area contributed by atoms with Crippen molar-refractivity contribution in [3.8, 4) is 0 Å². The van der Waals surface area contributed by atoms with Gasteiger partial charge in [-0.1, -0.05) is 25.1 Å². The monoisotopic (exact) mass is 493 g/mol. The molecule has 0 aliphatic heterocycles. The molecule has 0 bridgehead atoms. The predicted molar refractivity (Wildman–Crippen MR) is 127 cm³/mol. The minimum Gasteiger partial charge on any atom is -0.451 e. The number of rotatable bonds is 11. The van der Waals surface area contributed by atoms with Crippen molar-refractivity contribution in [1.82, 2.24) is 5.32 Å². The number of amides is 2. The first-order valence-corrected chi connectivity index (χ1v) is 13.1. The van der Waals surface area contributed by atoms with Gasteiger partial charge < -0.3 is 15.4 Å². The van der Waals surface area contributed by atoms with E-state index in [1.165, 1.54) is 36.0 Å². The van der Waals surface area contributed by atoms with E-state index in [4.69, 9.17) is 9.88 Å². The lowest BCUT2D eigenvalue weighted by Gasteiger charge is -2.21. The molecular weight excluding hydrogens is 466 g/mol. The third-order valence-corrected chi connectivity index (χ3v) is 6.18. The molecule has 9 nitrogen and oxygen atoms in total. The maximum absolute atomic E-state index is 12.8. The Morgan fingerprint density at radius 2 is 1.70 bits per heavy atom. The Morgan fingerprint density at radius 1 is 1.06 bits per heavy atom. The van der Waals surface area contributed by atoms with E-state index in [0.717, 1.165) is 0 Å². The molecule has 0 saturated carbocycles. The molecule has 2 atom stereocenters. The number of primary sulfonamides is 1. The summed E-state index contributed by atoms with van der Waals surface area (Å²) in [6, 6.07) is 12.9. The summed E-state index contributed by atoms with van der Waals surface area (Å²) >= 11 is 1.52. The SMILES string of the molecule is CC[C@@H](OC(=O)[C@H](CCSC)NC(=O)c1ccccc1)C(=O)Nc1ccc(S(N)(=O)=O)cc1. The van der Waals surface area contributed by atoms with Crippen LogP contribution < -0.4 is 15.8 Å². The summed E-state index contributed by atoms with van der Waals surface area (Å²) in [4.78, 5) is 37.8. The number of sulfonamides is 1. The Hall–Kier alpha value is -2.89. The van der Waals surface area contributed by atoms with E-state index in [2.05, 4.69) is 10.6 Å². The summed E-state index contributed by atoms with van der Waals surface area (Å²) in [6.45, 7) is 1.68. The Bertz CT molecular complexity index is 1060. The van der Waals surface area contributed by atoms with Gasteiger partial charge in [-0.15, -0.1) is 0 Å². The van der Waals surface area contributed by atoms with E-state index in [1.807, 2.05) is 6.26 Å². The summed E-state index contributed by atoms with van der Waals surface area (Å²) in [5.41, 5.74) is 0.727. The first kappa shape index (κ1) is 26.4. The van der Waals surface area contributed by atoms with Crippen molar-refractivity contribution < 1.29 is 27.5 Å². The highest BCUT2D eigenvalue weighted by atomic mass is 32.2. The maximum Gasteiger partial charge on any atom is 0.329 e. The van der Waals surface area contributed by atoms with Crippen LogP contribution in [0.5, 0.6) is 0 Å². The van der Waals surface area contributed by atoms with Crippen molar-refractivity contribution in [2.24, 2.45) is 5.14 Å². The first-order chi connectivity index (χ1) is 15.7. The molecule has 33 heavy (non-hydrogen) atoms. The van der Waals surface area contributed by atoms with Gasteiger partial charge in [-0.3, -0.25) is 9.59 Å². The predicted octanol–water partition coefficient (Wildman–Crippen LogP) is 2.15. The van der Waals surface area contributed by atoms with E-state index in [1.54, 1.807) is 37.3 Å². The van der Waals surface area contributed by atoms with Crippen LogP contribution in [0, 0.1) is 0 Å². The van der Waals surface area contributed by atoms with Gasteiger partial charge in [-0.2, -0.15) is 11.8 Å². The van der Waals surface area contributed by atoms with Gasteiger partial charge in [0.1, 0.15) is 6.04 Å². The minimum atomic E-state index is -3.85. The standard InChI is InChI=1S/C22H27N3O6S2/c1-3-19(21(27)24-16-9-11-17(12-10-16)33(23,29)30)31-22(28)18(13-14-32-2)25-20(26)15-7-5-4-6-8-15/h4-12,18-19H,3,13-14H2,1-2H3,(H,24,27)(H,25,26)(H2,23,29,30)/t18-,19+/m0/s1. The normalized spacial score (nSPS) is 12.9. The van der Waals surface area contributed by atoms with Crippen molar-refractivity contribution >= 4 is 45.3 Å². The smallest absolute Gasteiger partial charge is 0.329 e. The third-order valence-electron chi connectivity index (χ3n) is 4.61. The van der Waals surface area contributed by atoms with Crippen molar-refractivity contribution in [1.29, 1.82) is 0 Å². The van der Waals surface area contributed by atoms with Gasteiger partial charge in [-0.25, -0.2) is 18.4 Å². The van der Waals surface area contributed by atoms with E-state index in [0.29, 0.717) is 23.4 Å². The van der Waals surface area contributed by atoms with Crippen LogP contribution in [0.2, 0.25) is 0 Å². The highest BCUT2D eigenvalue weighted by Crippen LogP contribution is 2.15. The zero-order valence-electron chi connectivity index (χ0n) is 18.3. The lowest BCUT2D eigenvalue weighted by molar-refractivity contribution is -0.156. The van der Waals surface area contributed by atoms with Gasteiger partial charge in [0, 0.05) is 11.3 Å². The molecule has 0 spiro atoms. The van der Waals surface area contributed by atoms with Gasteiger partial charge in [-0.05, 0) is 61.2 Å². The quantitative estimate of drug-likeness (QED) is 0.407. The summed E-state index contributed by atoms with van der Waals surface area (Å²) < 4.78 is 28.1. The van der Waals surface area contributed by atoms with Crippen LogP contribution >= 0.6 is 11.8 Å². The molecular formula is C22H27N3O6S2. The van der Waals surface area contributed by atoms with Crippen LogP contribution in [0.15, 0.2) is 59.5 Å². The number of hydrogen-bond acceptors (Lipinski definition) is 7. The minimum absolute atomic E-state index is 0.0928. The molecule has 0 aromatic heterocycles. The molecule has 2 aromatic rings. The largest absolute Gasteiger partial charge is 0.451 e. The molecule has 11 heteroatoms. The molecule has 2 amide bonds. The first-order valence-electron chi connectivity index (χ1n) is 10.1. The van der Waals surface area contributed by atoms with Gasteiger partial charge in [0.2, 0.25) is 10.0 Å². The van der Waals surface area contributed by atoms with Crippen LogP contribution in [-0.2, 0) is 24.3 Å². The second-order valence-corrected chi connectivity index (χ2v) is 9.61. The molecule has 0 saturated heterocycles. The van der Waals surface area contributed by atoms with Crippen LogP contribution in [-0.4, -0.2) is 50.4 Å². The number of esters is 1. The zero-order chi connectivity index (χ0) is 24.4. The molecule has 0 fully saturated rings. The second kappa shape index (κ2) is 12.4. The molecule has 2 aromatic carbocycles. The summed E-state index contributed by atoms with van der Waals surface area (Å²) in [6.07, 6.45) is 1.33. The Labute approximate surface area is 197 Å². The van der Waals surface area contributed by atoms with Gasteiger partial charge in [0.05, 0.1) is 4.90 Å². The summed E-state index contributed by atoms with van der Waals surface area (Å²) in [7, 11) is -3.85. The van der Waals surface area contributed by atoms with E-state index >= 15 is 0 Å². The molecule has 2 rings (SSSR count). The number of hydrogen-bond donors (Lipinski definition) is 3. The van der Waals surface area contributed by atoms with Crippen LogP contribution in [0.1, 0.15) is 30.1 Å². The highest BCUT2D eigenvalue weighted by molar-refractivity contribution is 7.98. The van der Waals surface area contributed by atoms with E-state index in [-0.39, 0.29) is 11.3 Å². The van der Waals surface area contributed by atoms with Crippen molar-refractivity contribution in [3.05, 3.63) is 60.2 Å². The fourth-order valence-corrected chi connectivity index (χ4v) is 3.80. The summed E-state index contributed by atoms with van der Waals surface area (Å²) in [5.74, 6) is -1.09. The van der Waals surface area contributed by atoms with Crippen LogP contribution in [0.25, 0.3) is 0 Å². The number of carbonyl (C=O) groups is 3. The molecule has 0 heterocycles. The third kappa shape index (κ3) is 8.19. The van der Waals surface area contributed by atoms with Crippen molar-refractivity contribution in [2.75, 3.05) is 17.3 Å². The molecule has 0 unspecified atom stereocenters. The number of nitrogens with two attached hydrogens (primary N) is 1. The highest BCUT2D eigenvalue weighted by Gasteiger charge is 2.28. The number of thioether (sulfide) groups is 1. The lowest BCUT2D eigenvalue weighted by Crippen LogP contribution is -2.45. The molecule has 0 radical (unpaired) electrons. The Morgan fingerprint density at radius 3 is 2.24 bits per heavy atom. The lowest BCUT2D eigenvalue weighted by atomic mass is 10.1. The number of anilines is 1. The number of carbonyl (C=O) groups excluding carboxylic acids is 3. The van der Waals surface area contributed by atoms with Gasteiger partial charge in [0.15, 0.2) is 6.10 Å². The summed E-state index contributed by atoms with van der Waals surface area (Å²) in [5, 5.41) is 10.3. The van der Waals surface area contributed by atoms with Crippen LogP contribution in [0.3, 0.4) is 0 Å². The zero-order valence-corrected chi connectivity index (χ0v) is 19.9. The van der Waals surface area contributed by atoms with E-state index in [9.17, 15) is 22.8 Å². The Kier molecular flexibility index (Phi) is 9.89. The molecule has 4 N–H and O–H groups in total. The fourth-order valence-electron chi connectivity index (χ4n) is 2.81. The molecule has 178 valence electrons. The number of benzene rings is 2. The second-order valence-electron chi connectivity index (χ2n) is 7.07. The number of ether oxygens (including phenoxy) is 1. The van der Waals surface area contributed by atoms with Gasteiger partial charge in [0.25, 0.3) is 11.8 Å². The average molecular weight is 494 g/mol. The average Bonchev–Trinajstić information content (AvgIpc) is 2.80. The van der Waals surface area contributed by atoms with E-state index < -0.39 is 40.0 Å². The fraction of sp³-hybridized carbons (Fsp3) is 0.318. The van der Waals surface area contributed by atoms with Crippen LogP contribution in [0.4, 0.5) is 5.69 Å². The Balaban J connectivity index is 2.05. The van der Waals surface area contributed by atoms with Gasteiger partial charge >= 0.3 is 5.97 Å². The van der Waals surface area contributed by atoms with Crippen molar-refractivity contribution in [2.45, 2.75) is 36.8 Å². The number of nitrogens with one attached hydrogen (secondary N) is 2. The topological polar surface area (TPSA) is 145 Å². The molecule has 0 aliphatic carbocycles. The van der Waals surface area contributed by atoms with Crippen molar-refractivity contribution in [3.63, 3.8) is 0 Å². The maximum atomic E-state index is 12.8. The molecule has 0 aliphatic rings.